The maximum absolute atomic E-state index is 6.01. The highest BCUT2D eigenvalue weighted by molar-refractivity contribution is 5.43. The number of hydrogen-bond acceptors (Lipinski definition) is 2. The summed E-state index contributed by atoms with van der Waals surface area (Å²) in [6.07, 6.45) is 0. The van der Waals surface area contributed by atoms with Gasteiger partial charge < -0.3 is 10.5 Å². The average molecular weight is 241 g/mol. The minimum absolute atomic E-state index is 0.531. The summed E-state index contributed by atoms with van der Waals surface area (Å²) in [6.45, 7) is 6.69. The molecule has 0 amide bonds. The van der Waals surface area contributed by atoms with Crippen LogP contribution < -0.4 is 10.5 Å². The Bertz CT molecular complexity index is 561. The largest absolute Gasteiger partial charge is 0.457 e. The Hall–Kier alpha value is -1.80. The molecule has 2 N–H and O–H groups in total. The van der Waals surface area contributed by atoms with E-state index in [0.29, 0.717) is 6.54 Å². The Morgan fingerprint density at radius 1 is 0.889 bits per heavy atom. The molecule has 0 aliphatic carbocycles. The van der Waals surface area contributed by atoms with Crippen LogP contribution >= 0.6 is 0 Å². The molecule has 94 valence electrons. The van der Waals surface area contributed by atoms with E-state index in [0.717, 1.165) is 28.2 Å². The highest BCUT2D eigenvalue weighted by Crippen LogP contribution is 2.29. The third-order valence-corrected chi connectivity index (χ3v) is 3.05. The molecule has 2 nitrogen and oxygen atoms in total. The summed E-state index contributed by atoms with van der Waals surface area (Å²) in [7, 11) is 0. The Morgan fingerprint density at radius 2 is 1.50 bits per heavy atom. The third-order valence-electron chi connectivity index (χ3n) is 3.05. The van der Waals surface area contributed by atoms with Crippen molar-refractivity contribution in [1.29, 1.82) is 0 Å². The van der Waals surface area contributed by atoms with Gasteiger partial charge in [-0.1, -0.05) is 24.3 Å². The Labute approximate surface area is 108 Å². The van der Waals surface area contributed by atoms with Crippen molar-refractivity contribution < 1.29 is 4.74 Å². The van der Waals surface area contributed by atoms with Gasteiger partial charge in [-0.05, 0) is 55.2 Å². The van der Waals surface area contributed by atoms with Crippen molar-refractivity contribution in [3.63, 3.8) is 0 Å². The van der Waals surface area contributed by atoms with Gasteiger partial charge in [-0.2, -0.15) is 0 Å². The Kier molecular flexibility index (Phi) is 3.68. The second-order valence-corrected chi connectivity index (χ2v) is 4.67. The maximum Gasteiger partial charge on any atom is 0.130 e. The fraction of sp³-hybridized carbons (Fsp3) is 0.250. The molecular formula is C16H19NO. The van der Waals surface area contributed by atoms with Gasteiger partial charge in [-0.3, -0.25) is 0 Å². The normalized spacial score (nSPS) is 10.4. The van der Waals surface area contributed by atoms with Gasteiger partial charge in [0.25, 0.3) is 0 Å². The van der Waals surface area contributed by atoms with Crippen molar-refractivity contribution in [1.82, 2.24) is 0 Å². The highest BCUT2D eigenvalue weighted by Gasteiger charge is 2.05. The molecule has 0 bridgehead atoms. The summed E-state index contributed by atoms with van der Waals surface area (Å²) in [4.78, 5) is 0. The van der Waals surface area contributed by atoms with Gasteiger partial charge in [0.1, 0.15) is 11.5 Å². The van der Waals surface area contributed by atoms with Crippen LogP contribution in [-0.4, -0.2) is 0 Å². The molecule has 0 atom stereocenters. The van der Waals surface area contributed by atoms with E-state index >= 15 is 0 Å². The first-order chi connectivity index (χ1) is 8.60. The first-order valence-corrected chi connectivity index (χ1v) is 6.15. The van der Waals surface area contributed by atoms with Crippen molar-refractivity contribution in [2.24, 2.45) is 5.73 Å². The lowest BCUT2D eigenvalue weighted by Crippen LogP contribution is -1.98. The molecule has 0 fully saturated rings. The molecule has 2 rings (SSSR count). The molecule has 2 aromatic rings. The van der Waals surface area contributed by atoms with Gasteiger partial charge in [0.05, 0.1) is 0 Å². The molecule has 0 saturated carbocycles. The van der Waals surface area contributed by atoms with E-state index in [1.54, 1.807) is 0 Å². The van der Waals surface area contributed by atoms with Crippen LogP contribution in [0.5, 0.6) is 11.5 Å². The minimum Gasteiger partial charge on any atom is -0.457 e. The van der Waals surface area contributed by atoms with Gasteiger partial charge in [-0.15, -0.1) is 0 Å². The fourth-order valence-corrected chi connectivity index (χ4v) is 1.82. The Morgan fingerprint density at radius 3 is 2.17 bits per heavy atom. The monoisotopic (exact) mass is 241 g/mol. The van der Waals surface area contributed by atoms with Crippen molar-refractivity contribution in [3.05, 3.63) is 58.7 Å². The standard InChI is InChI=1S/C16H19NO/c1-11-4-5-12(2)15(8-11)18-16-9-14(10-17)7-6-13(16)3/h4-9H,10,17H2,1-3H3. The second kappa shape index (κ2) is 5.23. The van der Waals surface area contributed by atoms with E-state index in [1.165, 1.54) is 5.56 Å². The van der Waals surface area contributed by atoms with E-state index in [1.807, 2.05) is 25.1 Å². The molecule has 0 unspecified atom stereocenters. The summed E-state index contributed by atoms with van der Waals surface area (Å²) in [5.74, 6) is 1.79. The summed E-state index contributed by atoms with van der Waals surface area (Å²) in [5.41, 5.74) is 10.2. The van der Waals surface area contributed by atoms with E-state index in [9.17, 15) is 0 Å². The average Bonchev–Trinajstić information content (AvgIpc) is 2.36. The van der Waals surface area contributed by atoms with E-state index < -0.39 is 0 Å². The van der Waals surface area contributed by atoms with Crippen molar-refractivity contribution in [3.8, 4) is 11.5 Å². The molecular weight excluding hydrogens is 222 g/mol. The van der Waals surface area contributed by atoms with Crippen LogP contribution in [0.1, 0.15) is 22.3 Å². The van der Waals surface area contributed by atoms with E-state index in [2.05, 4.69) is 32.0 Å². The topological polar surface area (TPSA) is 35.2 Å². The number of rotatable bonds is 3. The molecule has 0 saturated heterocycles. The highest BCUT2D eigenvalue weighted by atomic mass is 16.5. The molecule has 0 aromatic heterocycles. The van der Waals surface area contributed by atoms with Crippen molar-refractivity contribution >= 4 is 0 Å². The first kappa shape index (κ1) is 12.7. The lowest BCUT2D eigenvalue weighted by Gasteiger charge is -2.12. The van der Waals surface area contributed by atoms with Crippen LogP contribution in [0.4, 0.5) is 0 Å². The van der Waals surface area contributed by atoms with Gasteiger partial charge in [0.2, 0.25) is 0 Å². The van der Waals surface area contributed by atoms with Gasteiger partial charge in [-0.25, -0.2) is 0 Å². The van der Waals surface area contributed by atoms with Crippen LogP contribution in [0.2, 0.25) is 0 Å². The summed E-state index contributed by atoms with van der Waals surface area (Å²) in [6, 6.07) is 12.3. The lowest BCUT2D eigenvalue weighted by molar-refractivity contribution is 0.474. The molecule has 0 radical (unpaired) electrons. The maximum atomic E-state index is 6.01. The predicted octanol–water partition coefficient (Wildman–Crippen LogP) is 3.86. The number of benzene rings is 2. The van der Waals surface area contributed by atoms with Crippen molar-refractivity contribution in [2.75, 3.05) is 0 Å². The fourth-order valence-electron chi connectivity index (χ4n) is 1.82. The zero-order chi connectivity index (χ0) is 13.1. The molecule has 2 aromatic carbocycles. The molecule has 0 aliphatic heterocycles. The molecule has 0 aliphatic rings. The smallest absolute Gasteiger partial charge is 0.130 e. The van der Waals surface area contributed by atoms with Gasteiger partial charge in [0.15, 0.2) is 0 Å². The second-order valence-electron chi connectivity index (χ2n) is 4.67. The van der Waals surface area contributed by atoms with Crippen molar-refractivity contribution in [2.45, 2.75) is 27.3 Å². The van der Waals surface area contributed by atoms with Crippen LogP contribution in [0.3, 0.4) is 0 Å². The Balaban J connectivity index is 2.36. The van der Waals surface area contributed by atoms with Gasteiger partial charge >= 0.3 is 0 Å². The molecule has 0 spiro atoms. The van der Waals surface area contributed by atoms with Crippen LogP contribution in [0.15, 0.2) is 36.4 Å². The minimum atomic E-state index is 0.531. The predicted molar refractivity (Wildman–Crippen MR) is 75.1 cm³/mol. The SMILES string of the molecule is Cc1ccc(C)c(Oc2cc(CN)ccc2C)c1. The van der Waals surface area contributed by atoms with Gasteiger partial charge in [0, 0.05) is 6.54 Å². The molecule has 0 heterocycles. The number of ether oxygens (including phenoxy) is 1. The summed E-state index contributed by atoms with van der Waals surface area (Å²) < 4.78 is 6.01. The zero-order valence-electron chi connectivity index (χ0n) is 11.2. The van der Waals surface area contributed by atoms with E-state index in [4.69, 9.17) is 10.5 Å². The number of aryl methyl sites for hydroxylation is 3. The quantitative estimate of drug-likeness (QED) is 0.885. The van der Waals surface area contributed by atoms with Crippen LogP contribution in [-0.2, 0) is 6.54 Å². The number of nitrogens with two attached hydrogens (primary N) is 1. The summed E-state index contributed by atoms with van der Waals surface area (Å²) >= 11 is 0. The zero-order valence-corrected chi connectivity index (χ0v) is 11.2. The molecule has 18 heavy (non-hydrogen) atoms. The van der Waals surface area contributed by atoms with E-state index in [-0.39, 0.29) is 0 Å². The molecule has 2 heteroatoms. The first-order valence-electron chi connectivity index (χ1n) is 6.15. The number of hydrogen-bond donors (Lipinski definition) is 1. The lowest BCUT2D eigenvalue weighted by atomic mass is 10.1. The third kappa shape index (κ3) is 2.71. The summed E-state index contributed by atoms with van der Waals surface area (Å²) in [5, 5.41) is 0. The van der Waals surface area contributed by atoms with Crippen LogP contribution in [0.25, 0.3) is 0 Å². The van der Waals surface area contributed by atoms with Crippen LogP contribution in [0, 0.1) is 20.8 Å².